The first kappa shape index (κ1) is 9.34. The lowest BCUT2D eigenvalue weighted by atomic mass is 10.9. The molecule has 6 heteroatoms. The molecule has 50 valence electrons. The summed E-state index contributed by atoms with van der Waals surface area (Å²) >= 11 is 21.2. The van der Waals surface area contributed by atoms with Crippen molar-refractivity contribution in [1.82, 2.24) is 0 Å². The van der Waals surface area contributed by atoms with Gasteiger partial charge < -0.3 is 4.43 Å². The molecule has 0 bridgehead atoms. The predicted octanol–water partition coefficient (Wildman–Crippen LogP) is 2.74. The van der Waals surface area contributed by atoms with E-state index in [4.69, 9.17) is 44.8 Å². The first-order chi connectivity index (χ1) is 3.42. The second-order valence-corrected chi connectivity index (χ2v) is 9.38. The molecule has 0 aliphatic carbocycles. The van der Waals surface area contributed by atoms with Crippen LogP contribution in [-0.4, -0.2) is 11.8 Å². The molecule has 0 amide bonds. The van der Waals surface area contributed by atoms with Crippen LogP contribution in [0.5, 0.6) is 0 Å². The monoisotopic (exact) mass is 212 g/mol. The van der Waals surface area contributed by atoms with Crippen LogP contribution in [0.4, 0.5) is 0 Å². The highest BCUT2D eigenvalue weighted by Gasteiger charge is 2.29. The SMILES string of the molecule is CC(Cl)O[Si](Cl)(Cl)Cl. The summed E-state index contributed by atoms with van der Waals surface area (Å²) < 4.78 is 4.64. The minimum Gasteiger partial charge on any atom is -0.364 e. The topological polar surface area (TPSA) is 9.23 Å². The summed E-state index contributed by atoms with van der Waals surface area (Å²) in [6.45, 7) is 1.59. The Hall–Kier alpha value is 1.34. The number of hydrogen-bond acceptors (Lipinski definition) is 1. The van der Waals surface area contributed by atoms with Gasteiger partial charge in [0.25, 0.3) is 0 Å². The minimum atomic E-state index is -2.94. The van der Waals surface area contributed by atoms with Crippen LogP contribution in [0.2, 0.25) is 0 Å². The Labute approximate surface area is 68.1 Å². The third-order valence-electron chi connectivity index (χ3n) is 0.296. The Morgan fingerprint density at radius 2 is 1.75 bits per heavy atom. The van der Waals surface area contributed by atoms with Crippen molar-refractivity contribution in [3.8, 4) is 0 Å². The van der Waals surface area contributed by atoms with Crippen LogP contribution in [0.1, 0.15) is 6.92 Å². The van der Waals surface area contributed by atoms with E-state index in [1.165, 1.54) is 0 Å². The van der Waals surface area contributed by atoms with Crippen molar-refractivity contribution in [3.05, 3.63) is 0 Å². The summed E-state index contributed by atoms with van der Waals surface area (Å²) in [6.07, 6.45) is -2.94. The largest absolute Gasteiger partial charge is 0.495 e. The van der Waals surface area contributed by atoms with Gasteiger partial charge in [0, 0.05) is 0 Å². The van der Waals surface area contributed by atoms with Crippen molar-refractivity contribution in [2.45, 2.75) is 12.5 Å². The molecule has 0 spiro atoms. The lowest BCUT2D eigenvalue weighted by Crippen LogP contribution is -2.19. The minimum absolute atomic E-state index is 0.519. The quantitative estimate of drug-likeness (QED) is 0.390. The van der Waals surface area contributed by atoms with E-state index >= 15 is 0 Å². The van der Waals surface area contributed by atoms with Gasteiger partial charge in [0.2, 0.25) is 0 Å². The van der Waals surface area contributed by atoms with Gasteiger partial charge in [0.1, 0.15) is 5.56 Å². The van der Waals surface area contributed by atoms with Crippen molar-refractivity contribution in [2.75, 3.05) is 0 Å². The fourth-order valence-corrected chi connectivity index (χ4v) is 2.57. The molecule has 8 heavy (non-hydrogen) atoms. The van der Waals surface area contributed by atoms with E-state index in [1.807, 2.05) is 0 Å². The number of halogens is 4. The van der Waals surface area contributed by atoms with E-state index in [0.29, 0.717) is 0 Å². The first-order valence-electron chi connectivity index (χ1n) is 1.80. The fourth-order valence-electron chi connectivity index (χ4n) is 0.184. The van der Waals surface area contributed by atoms with Crippen LogP contribution in [0.3, 0.4) is 0 Å². The summed E-state index contributed by atoms with van der Waals surface area (Å²) in [7, 11) is 0. The summed E-state index contributed by atoms with van der Waals surface area (Å²) in [5.41, 5.74) is -0.519. The molecule has 0 aliphatic heterocycles. The van der Waals surface area contributed by atoms with Gasteiger partial charge in [-0.1, -0.05) is 44.8 Å². The van der Waals surface area contributed by atoms with E-state index in [9.17, 15) is 0 Å². The Kier molecular flexibility index (Phi) is 4.08. The van der Waals surface area contributed by atoms with Crippen LogP contribution in [0, 0.1) is 0 Å². The molecule has 0 heterocycles. The van der Waals surface area contributed by atoms with Crippen molar-refractivity contribution in [1.29, 1.82) is 0 Å². The highest BCUT2D eigenvalue weighted by molar-refractivity contribution is 7.62. The maximum atomic E-state index is 5.32. The Bertz CT molecular complexity index is 68.9. The van der Waals surface area contributed by atoms with Gasteiger partial charge in [-0.25, -0.2) is 0 Å². The van der Waals surface area contributed by atoms with Gasteiger partial charge in [-0.05, 0) is 6.92 Å². The van der Waals surface area contributed by atoms with E-state index in [1.54, 1.807) is 6.92 Å². The molecular weight excluding hydrogens is 210 g/mol. The normalized spacial score (nSPS) is 16.1. The zero-order valence-electron chi connectivity index (χ0n) is 4.00. The molecule has 0 radical (unpaired) electrons. The molecule has 0 saturated carbocycles. The average molecular weight is 214 g/mol. The number of rotatable bonds is 2. The number of hydrogen-bond donors (Lipinski definition) is 0. The Morgan fingerprint density at radius 1 is 1.38 bits per heavy atom. The number of alkyl halides is 1. The molecule has 1 atom stereocenters. The smallest absolute Gasteiger partial charge is 0.364 e. The van der Waals surface area contributed by atoms with Gasteiger partial charge in [-0.3, -0.25) is 0 Å². The highest BCUT2D eigenvalue weighted by Crippen LogP contribution is 2.23. The lowest BCUT2D eigenvalue weighted by Gasteiger charge is -2.09. The Morgan fingerprint density at radius 3 is 1.75 bits per heavy atom. The first-order valence-corrected chi connectivity index (χ1v) is 7.18. The second kappa shape index (κ2) is 3.49. The van der Waals surface area contributed by atoms with E-state index in [2.05, 4.69) is 4.43 Å². The van der Waals surface area contributed by atoms with Gasteiger partial charge in [0.05, 0.1) is 0 Å². The zero-order valence-corrected chi connectivity index (χ0v) is 8.02. The third-order valence-corrected chi connectivity index (χ3v) is 1.96. The maximum Gasteiger partial charge on any atom is 0.495 e. The van der Waals surface area contributed by atoms with Gasteiger partial charge in [0.15, 0.2) is 0 Å². The van der Waals surface area contributed by atoms with Crippen molar-refractivity contribution in [2.24, 2.45) is 0 Å². The second-order valence-electron chi connectivity index (χ2n) is 1.11. The summed E-state index contributed by atoms with van der Waals surface area (Å²) in [5.74, 6) is 0. The molecule has 0 aliphatic rings. The molecule has 0 fully saturated rings. The molecule has 0 saturated heterocycles. The highest BCUT2D eigenvalue weighted by atomic mass is 35.8. The van der Waals surface area contributed by atoms with Crippen LogP contribution in [0.15, 0.2) is 0 Å². The molecule has 0 aromatic heterocycles. The zero-order chi connectivity index (χ0) is 6.78. The van der Waals surface area contributed by atoms with Crippen LogP contribution < -0.4 is 0 Å². The lowest BCUT2D eigenvalue weighted by molar-refractivity contribution is 0.318. The summed E-state index contributed by atoms with van der Waals surface area (Å²) in [4.78, 5) is 0. The summed E-state index contributed by atoms with van der Waals surface area (Å²) in [5, 5.41) is 0. The maximum absolute atomic E-state index is 5.32. The molecular formula is C2H4Cl4OSi. The van der Waals surface area contributed by atoms with Crippen LogP contribution >= 0.6 is 44.8 Å². The van der Waals surface area contributed by atoms with E-state index < -0.39 is 11.8 Å². The third kappa shape index (κ3) is 7.34. The standard InChI is InChI=1S/C2H4Cl4OSi/c1-2(3)7-8(4,5)6/h2H,1H3. The molecule has 1 unspecified atom stereocenters. The van der Waals surface area contributed by atoms with Gasteiger partial charge in [-0.2, -0.15) is 0 Å². The van der Waals surface area contributed by atoms with Crippen LogP contribution in [0.25, 0.3) is 0 Å². The molecule has 0 aromatic rings. The van der Waals surface area contributed by atoms with Crippen molar-refractivity contribution >= 4 is 51.1 Å². The molecule has 0 rings (SSSR count). The molecule has 1 nitrogen and oxygen atoms in total. The van der Waals surface area contributed by atoms with Gasteiger partial charge in [-0.15, -0.1) is 0 Å². The average Bonchev–Trinajstić information content (AvgIpc) is 1.21. The summed E-state index contributed by atoms with van der Waals surface area (Å²) in [6, 6.07) is 0. The predicted molar refractivity (Wildman–Crippen MR) is 39.7 cm³/mol. The molecule has 0 aromatic carbocycles. The van der Waals surface area contributed by atoms with Crippen molar-refractivity contribution < 1.29 is 4.43 Å². The van der Waals surface area contributed by atoms with Crippen molar-refractivity contribution in [3.63, 3.8) is 0 Å². The molecule has 0 N–H and O–H groups in total. The Balaban J connectivity index is 3.39. The fraction of sp³-hybridized carbons (Fsp3) is 1.00. The van der Waals surface area contributed by atoms with Crippen LogP contribution in [-0.2, 0) is 4.43 Å². The van der Waals surface area contributed by atoms with Gasteiger partial charge >= 0.3 is 6.25 Å². The van der Waals surface area contributed by atoms with E-state index in [0.717, 1.165) is 0 Å². The van der Waals surface area contributed by atoms with E-state index in [-0.39, 0.29) is 0 Å².